The lowest BCUT2D eigenvalue weighted by Gasteiger charge is -2.09. The molecule has 4 rings (SSSR count). The van der Waals surface area contributed by atoms with Crippen molar-refractivity contribution in [3.8, 4) is 11.8 Å². The zero-order chi connectivity index (χ0) is 24.1. The van der Waals surface area contributed by atoms with Crippen molar-refractivity contribution in [1.82, 2.24) is 10.2 Å². The molecule has 0 atom stereocenters. The van der Waals surface area contributed by atoms with Crippen LogP contribution in [0.25, 0.3) is 6.08 Å². The number of nitriles is 1. The molecule has 9 heteroatoms. The van der Waals surface area contributed by atoms with Gasteiger partial charge in [-0.25, -0.2) is 9.59 Å². The van der Waals surface area contributed by atoms with Crippen molar-refractivity contribution in [2.45, 2.75) is 13.2 Å². The van der Waals surface area contributed by atoms with Crippen LogP contribution in [0.15, 0.2) is 70.8 Å². The number of furan rings is 1. The first-order valence-corrected chi connectivity index (χ1v) is 10.2. The molecule has 1 aliphatic rings. The molecule has 1 fully saturated rings. The van der Waals surface area contributed by atoms with E-state index in [4.69, 9.17) is 14.4 Å². The Kier molecular flexibility index (Phi) is 6.41. The van der Waals surface area contributed by atoms with Gasteiger partial charge in [0.15, 0.2) is 0 Å². The molecule has 1 saturated heterocycles. The van der Waals surface area contributed by atoms with E-state index in [0.29, 0.717) is 16.9 Å². The molecule has 9 nitrogen and oxygen atoms in total. The number of carbonyl (C=O) groups excluding carboxylic acids is 3. The number of hydrogen-bond acceptors (Lipinski definition) is 7. The Morgan fingerprint density at radius 2 is 1.88 bits per heavy atom. The first-order chi connectivity index (χ1) is 16.5. The van der Waals surface area contributed by atoms with Crippen molar-refractivity contribution in [2.75, 3.05) is 7.11 Å². The van der Waals surface area contributed by atoms with Crippen molar-refractivity contribution in [3.63, 3.8) is 0 Å². The molecule has 0 unspecified atom stereocenters. The van der Waals surface area contributed by atoms with E-state index in [1.54, 1.807) is 42.5 Å². The molecule has 0 spiro atoms. The number of ether oxygens (including phenoxy) is 2. The maximum absolute atomic E-state index is 12.7. The van der Waals surface area contributed by atoms with E-state index in [9.17, 15) is 14.4 Å². The van der Waals surface area contributed by atoms with Crippen LogP contribution in [0.5, 0.6) is 5.75 Å². The van der Waals surface area contributed by atoms with Crippen molar-refractivity contribution in [1.29, 1.82) is 5.26 Å². The minimum absolute atomic E-state index is 0.0151. The van der Waals surface area contributed by atoms with Gasteiger partial charge in [-0.15, -0.1) is 0 Å². The summed E-state index contributed by atoms with van der Waals surface area (Å²) in [6, 6.07) is 18.6. The Morgan fingerprint density at radius 3 is 2.62 bits per heavy atom. The van der Waals surface area contributed by atoms with Gasteiger partial charge in [0.1, 0.15) is 23.8 Å². The second-order valence-electron chi connectivity index (χ2n) is 7.26. The minimum atomic E-state index is -0.647. The van der Waals surface area contributed by atoms with Crippen LogP contribution in [0.2, 0.25) is 0 Å². The van der Waals surface area contributed by atoms with E-state index in [-0.39, 0.29) is 30.4 Å². The van der Waals surface area contributed by atoms with Crippen molar-refractivity contribution >= 4 is 24.0 Å². The number of methoxy groups -OCH3 is 1. The monoisotopic (exact) mass is 457 g/mol. The highest BCUT2D eigenvalue weighted by molar-refractivity contribution is 6.13. The topological polar surface area (TPSA) is 122 Å². The Bertz CT molecular complexity index is 1320. The summed E-state index contributed by atoms with van der Waals surface area (Å²) in [6.07, 6.45) is 1.55. The third-order valence-corrected chi connectivity index (χ3v) is 5.05. The lowest BCUT2D eigenvalue weighted by molar-refractivity contribution is -0.123. The van der Waals surface area contributed by atoms with Crippen molar-refractivity contribution in [2.24, 2.45) is 0 Å². The van der Waals surface area contributed by atoms with Crippen molar-refractivity contribution < 1.29 is 28.3 Å². The summed E-state index contributed by atoms with van der Waals surface area (Å²) >= 11 is 0. The number of hydrogen-bond donors (Lipinski definition) is 1. The summed E-state index contributed by atoms with van der Waals surface area (Å²) in [5.74, 6) is -0.318. The maximum atomic E-state index is 12.7. The normalized spacial score (nSPS) is 14.1. The van der Waals surface area contributed by atoms with Gasteiger partial charge in [0.25, 0.3) is 5.91 Å². The first-order valence-electron chi connectivity index (χ1n) is 10.2. The Hall–Kier alpha value is -4.84. The molecule has 1 aromatic heterocycles. The molecule has 3 aromatic rings. The standard InChI is InChI=1S/C25H19N3O6/c1-32-24(30)22-11-10-20(34-22)14-28-23(29)21(27-25(28)31)12-16-6-8-19(9-7-16)33-15-18-5-3-2-4-17(18)13-26/h2-12H,14-15H2,1H3,(H,27,31)/b21-12-. The molecular weight excluding hydrogens is 438 g/mol. The van der Waals surface area contributed by atoms with Crippen LogP contribution in [0, 0.1) is 11.3 Å². The molecule has 2 aromatic carbocycles. The Morgan fingerprint density at radius 1 is 1.12 bits per heavy atom. The van der Waals surface area contributed by atoms with E-state index in [1.165, 1.54) is 19.2 Å². The predicted molar refractivity (Wildman–Crippen MR) is 119 cm³/mol. The second kappa shape index (κ2) is 9.75. The molecule has 0 saturated carbocycles. The zero-order valence-electron chi connectivity index (χ0n) is 18.1. The summed E-state index contributed by atoms with van der Waals surface area (Å²) < 4.78 is 15.7. The van der Waals surface area contributed by atoms with Gasteiger partial charge >= 0.3 is 12.0 Å². The van der Waals surface area contributed by atoms with Gasteiger partial charge in [-0.3, -0.25) is 9.69 Å². The van der Waals surface area contributed by atoms with E-state index in [2.05, 4.69) is 16.1 Å². The lowest BCUT2D eigenvalue weighted by atomic mass is 10.1. The second-order valence-corrected chi connectivity index (χ2v) is 7.26. The van der Waals surface area contributed by atoms with Gasteiger partial charge in [0, 0.05) is 5.56 Å². The van der Waals surface area contributed by atoms with Gasteiger partial charge in [0.2, 0.25) is 5.76 Å². The quantitative estimate of drug-likeness (QED) is 0.327. The highest BCUT2D eigenvalue weighted by atomic mass is 16.5. The number of imide groups is 1. The number of rotatable bonds is 7. The van der Waals surface area contributed by atoms with Gasteiger partial charge in [-0.05, 0) is 42.0 Å². The Labute approximate surface area is 194 Å². The average Bonchev–Trinajstić information content (AvgIpc) is 3.43. The van der Waals surface area contributed by atoms with E-state index < -0.39 is 17.9 Å². The van der Waals surface area contributed by atoms with E-state index in [0.717, 1.165) is 10.5 Å². The van der Waals surface area contributed by atoms with Crippen LogP contribution in [-0.4, -0.2) is 29.9 Å². The zero-order valence-corrected chi connectivity index (χ0v) is 18.1. The molecule has 1 N–H and O–H groups in total. The Balaban J connectivity index is 1.40. The third-order valence-electron chi connectivity index (χ3n) is 5.05. The number of nitrogens with zero attached hydrogens (tertiary/aromatic N) is 2. The van der Waals surface area contributed by atoms with Gasteiger partial charge in [-0.1, -0.05) is 30.3 Å². The molecule has 34 heavy (non-hydrogen) atoms. The largest absolute Gasteiger partial charge is 0.489 e. The molecule has 170 valence electrons. The van der Waals surface area contributed by atoms with Gasteiger partial charge in [-0.2, -0.15) is 5.26 Å². The molecular formula is C25H19N3O6. The third kappa shape index (κ3) is 4.81. The average molecular weight is 457 g/mol. The molecule has 0 radical (unpaired) electrons. The summed E-state index contributed by atoms with van der Waals surface area (Å²) in [5, 5.41) is 11.7. The first kappa shape index (κ1) is 22.4. The van der Waals surface area contributed by atoms with Gasteiger partial charge in [0.05, 0.1) is 25.3 Å². The number of carbonyl (C=O) groups is 3. The number of nitrogens with one attached hydrogen (secondary N) is 1. The van der Waals surface area contributed by atoms with E-state index >= 15 is 0 Å². The number of urea groups is 1. The predicted octanol–water partition coefficient (Wildman–Crippen LogP) is 3.61. The summed E-state index contributed by atoms with van der Waals surface area (Å²) in [5.41, 5.74) is 2.13. The summed E-state index contributed by atoms with van der Waals surface area (Å²) in [4.78, 5) is 37.5. The fraction of sp³-hybridized carbons (Fsp3) is 0.120. The van der Waals surface area contributed by atoms with E-state index in [1.807, 2.05) is 12.1 Å². The van der Waals surface area contributed by atoms with Crippen LogP contribution in [0.1, 0.15) is 33.0 Å². The highest BCUT2D eigenvalue weighted by Crippen LogP contribution is 2.21. The summed E-state index contributed by atoms with van der Waals surface area (Å²) in [6.45, 7) is 0.119. The minimum Gasteiger partial charge on any atom is -0.489 e. The van der Waals surface area contributed by atoms with Crippen LogP contribution in [0.4, 0.5) is 4.79 Å². The molecule has 0 bridgehead atoms. The lowest BCUT2D eigenvalue weighted by Crippen LogP contribution is -2.30. The van der Waals surface area contributed by atoms with Crippen LogP contribution >= 0.6 is 0 Å². The molecule has 0 aliphatic carbocycles. The SMILES string of the molecule is COC(=O)c1ccc(CN2C(=O)N/C(=C\c3ccc(OCc4ccccc4C#N)cc3)C2=O)o1. The molecule has 2 heterocycles. The smallest absolute Gasteiger partial charge is 0.373 e. The van der Waals surface area contributed by atoms with Crippen LogP contribution < -0.4 is 10.1 Å². The number of esters is 1. The molecule has 1 aliphatic heterocycles. The fourth-order valence-corrected chi connectivity index (χ4v) is 3.29. The van der Waals surface area contributed by atoms with Crippen molar-refractivity contribution in [3.05, 3.63) is 94.6 Å². The van der Waals surface area contributed by atoms with Crippen LogP contribution in [-0.2, 0) is 22.7 Å². The fourth-order valence-electron chi connectivity index (χ4n) is 3.29. The number of amides is 3. The van der Waals surface area contributed by atoms with Gasteiger partial charge < -0.3 is 19.2 Å². The summed E-state index contributed by atoms with van der Waals surface area (Å²) in [7, 11) is 1.23. The number of benzene rings is 2. The molecule has 3 amide bonds. The highest BCUT2D eigenvalue weighted by Gasteiger charge is 2.34. The maximum Gasteiger partial charge on any atom is 0.373 e. The van der Waals surface area contributed by atoms with Crippen LogP contribution in [0.3, 0.4) is 0 Å².